The normalized spacial score (nSPS) is 13.8. The topological polar surface area (TPSA) is 84.5 Å². The zero-order chi connectivity index (χ0) is 21.8. The largest absolute Gasteiger partial charge is 0.465 e. The molecule has 0 bridgehead atoms. The Balaban J connectivity index is 1.85. The van der Waals surface area contributed by atoms with Crippen LogP contribution in [-0.2, 0) is 9.53 Å². The highest BCUT2D eigenvalue weighted by molar-refractivity contribution is 6.33. The van der Waals surface area contributed by atoms with Gasteiger partial charge in [-0.2, -0.15) is 0 Å². The van der Waals surface area contributed by atoms with Crippen LogP contribution in [0.15, 0.2) is 47.7 Å². The lowest BCUT2D eigenvalue weighted by molar-refractivity contribution is -0.116. The van der Waals surface area contributed by atoms with Crippen molar-refractivity contribution >= 4 is 40.6 Å². The number of carbonyl (C=O) groups excluding carboxylic acids is 3. The number of anilines is 2. The van der Waals surface area contributed by atoms with Crippen LogP contribution in [0, 0.1) is 6.92 Å². The number of nitrogens with one attached hydrogen (secondary N) is 2. The van der Waals surface area contributed by atoms with Gasteiger partial charge in [-0.25, -0.2) is 4.79 Å². The van der Waals surface area contributed by atoms with Crippen LogP contribution in [0.2, 0.25) is 5.02 Å². The monoisotopic (exact) mass is 426 g/mol. The molecule has 7 heteroatoms. The van der Waals surface area contributed by atoms with Crippen LogP contribution < -0.4 is 10.6 Å². The molecule has 0 aromatic heterocycles. The van der Waals surface area contributed by atoms with Crippen LogP contribution in [0.25, 0.3) is 0 Å². The third-order valence-electron chi connectivity index (χ3n) is 5.20. The van der Waals surface area contributed by atoms with Crippen molar-refractivity contribution in [1.29, 1.82) is 0 Å². The highest BCUT2D eigenvalue weighted by Gasteiger charge is 2.19. The third kappa shape index (κ3) is 4.54. The van der Waals surface area contributed by atoms with Gasteiger partial charge in [0, 0.05) is 28.9 Å². The van der Waals surface area contributed by atoms with E-state index in [-0.39, 0.29) is 11.7 Å². The lowest BCUT2D eigenvalue weighted by Gasteiger charge is -2.20. The second kappa shape index (κ2) is 9.13. The van der Waals surface area contributed by atoms with Crippen molar-refractivity contribution in [2.45, 2.75) is 33.1 Å². The van der Waals surface area contributed by atoms with E-state index in [1.807, 2.05) is 0 Å². The summed E-state index contributed by atoms with van der Waals surface area (Å²) in [7, 11) is 1.31. The molecule has 3 rings (SSSR count). The first-order chi connectivity index (χ1) is 14.3. The third-order valence-corrected chi connectivity index (χ3v) is 5.53. The number of allylic oxidation sites excluding steroid dienone is 2. The molecular formula is C23H23ClN2O4. The maximum Gasteiger partial charge on any atom is 0.338 e. The standard InChI is InChI=1S/C23H23ClN2O4/c1-13-16(23(29)30-3)6-4-7-18(13)26-22(28)15-10-11-17(24)20(12-15)25-19-8-5-9-21(27)14(19)2/h4,6-7,10-12,25H,5,8-9H2,1-3H3,(H,26,28). The quantitative estimate of drug-likeness (QED) is 0.647. The van der Waals surface area contributed by atoms with Crippen LogP contribution in [0.3, 0.4) is 0 Å². The number of Topliss-reactive ketones (excluding diaryl/α,β-unsaturated/α-hetero) is 1. The van der Waals surface area contributed by atoms with Gasteiger partial charge in [-0.15, -0.1) is 0 Å². The van der Waals surface area contributed by atoms with E-state index in [0.29, 0.717) is 45.1 Å². The van der Waals surface area contributed by atoms with Gasteiger partial charge in [-0.3, -0.25) is 9.59 Å². The number of amides is 1. The lowest BCUT2D eigenvalue weighted by Crippen LogP contribution is -2.16. The Morgan fingerprint density at radius 3 is 2.57 bits per heavy atom. The molecule has 1 aliphatic rings. The Bertz CT molecular complexity index is 1060. The van der Waals surface area contributed by atoms with Crippen molar-refractivity contribution in [1.82, 2.24) is 0 Å². The molecule has 0 fully saturated rings. The van der Waals surface area contributed by atoms with Crippen molar-refractivity contribution < 1.29 is 19.1 Å². The number of ketones is 1. The molecule has 0 aliphatic heterocycles. The van der Waals surface area contributed by atoms with E-state index >= 15 is 0 Å². The zero-order valence-electron chi connectivity index (χ0n) is 17.1. The van der Waals surface area contributed by atoms with Gasteiger partial charge in [0.2, 0.25) is 0 Å². The molecule has 30 heavy (non-hydrogen) atoms. The average Bonchev–Trinajstić information content (AvgIpc) is 2.73. The fourth-order valence-corrected chi connectivity index (χ4v) is 3.51. The van der Waals surface area contributed by atoms with Gasteiger partial charge in [-0.05, 0) is 62.6 Å². The molecule has 2 aromatic rings. The molecule has 0 radical (unpaired) electrons. The van der Waals surface area contributed by atoms with Gasteiger partial charge in [0.1, 0.15) is 0 Å². The first kappa shape index (κ1) is 21.6. The molecular weight excluding hydrogens is 404 g/mol. The number of ether oxygens (including phenoxy) is 1. The van der Waals surface area contributed by atoms with E-state index in [4.69, 9.17) is 16.3 Å². The van der Waals surface area contributed by atoms with E-state index in [2.05, 4.69) is 10.6 Å². The molecule has 2 aromatic carbocycles. The molecule has 0 unspecified atom stereocenters. The summed E-state index contributed by atoms with van der Waals surface area (Å²) in [5, 5.41) is 6.50. The maximum atomic E-state index is 12.8. The van der Waals surface area contributed by atoms with Crippen molar-refractivity contribution in [3.05, 3.63) is 69.4 Å². The first-order valence-corrected chi connectivity index (χ1v) is 9.98. The van der Waals surface area contributed by atoms with E-state index in [9.17, 15) is 14.4 Å². The number of rotatable bonds is 5. The highest BCUT2D eigenvalue weighted by Crippen LogP contribution is 2.29. The first-order valence-electron chi connectivity index (χ1n) is 9.60. The number of halogens is 1. The second-order valence-electron chi connectivity index (χ2n) is 7.12. The van der Waals surface area contributed by atoms with Crippen LogP contribution in [0.1, 0.15) is 52.5 Å². The Kier molecular flexibility index (Phi) is 6.57. The molecule has 156 valence electrons. The van der Waals surface area contributed by atoms with Crippen LogP contribution in [-0.4, -0.2) is 24.8 Å². The number of benzene rings is 2. The lowest BCUT2D eigenvalue weighted by atomic mass is 9.96. The smallest absolute Gasteiger partial charge is 0.338 e. The number of hydrogen-bond acceptors (Lipinski definition) is 5. The summed E-state index contributed by atoms with van der Waals surface area (Å²) in [4.78, 5) is 36.7. The highest BCUT2D eigenvalue weighted by atomic mass is 35.5. The molecule has 2 N–H and O–H groups in total. The SMILES string of the molecule is COC(=O)c1cccc(NC(=O)c2ccc(Cl)c(NC3=C(C)C(=O)CCC3)c2)c1C. The molecule has 1 amide bonds. The Labute approximate surface area is 180 Å². The predicted molar refractivity (Wildman–Crippen MR) is 117 cm³/mol. The predicted octanol–water partition coefficient (Wildman–Crippen LogP) is 5.13. The summed E-state index contributed by atoms with van der Waals surface area (Å²) >= 11 is 6.31. The number of methoxy groups -OCH3 is 1. The van der Waals surface area contributed by atoms with Gasteiger partial charge < -0.3 is 15.4 Å². The summed E-state index contributed by atoms with van der Waals surface area (Å²) in [6.45, 7) is 3.54. The van der Waals surface area contributed by atoms with Crippen LogP contribution in [0.4, 0.5) is 11.4 Å². The van der Waals surface area contributed by atoms with E-state index in [0.717, 1.165) is 18.5 Å². The van der Waals surface area contributed by atoms with Crippen molar-refractivity contribution in [3.63, 3.8) is 0 Å². The fourth-order valence-electron chi connectivity index (χ4n) is 3.35. The molecule has 6 nitrogen and oxygen atoms in total. The molecule has 0 spiro atoms. The minimum atomic E-state index is -0.466. The number of carbonyl (C=O) groups is 3. The minimum Gasteiger partial charge on any atom is -0.465 e. The maximum absolute atomic E-state index is 12.8. The molecule has 0 atom stereocenters. The number of hydrogen-bond donors (Lipinski definition) is 2. The Morgan fingerprint density at radius 1 is 1.07 bits per heavy atom. The van der Waals surface area contributed by atoms with Gasteiger partial charge >= 0.3 is 5.97 Å². The van der Waals surface area contributed by atoms with E-state index in [1.165, 1.54) is 7.11 Å². The average molecular weight is 427 g/mol. The second-order valence-corrected chi connectivity index (χ2v) is 7.53. The molecule has 0 saturated carbocycles. The Hall–Kier alpha value is -3.12. The number of esters is 1. The van der Waals surface area contributed by atoms with Crippen molar-refractivity contribution in [2.75, 3.05) is 17.7 Å². The molecule has 1 aliphatic carbocycles. The van der Waals surface area contributed by atoms with Gasteiger partial charge in [0.05, 0.1) is 23.4 Å². The summed E-state index contributed by atoms with van der Waals surface area (Å²) in [5.74, 6) is -0.688. The molecule has 0 heterocycles. The molecule has 0 saturated heterocycles. The van der Waals surface area contributed by atoms with Gasteiger partial charge in [0.25, 0.3) is 5.91 Å². The van der Waals surface area contributed by atoms with Crippen molar-refractivity contribution in [3.8, 4) is 0 Å². The van der Waals surface area contributed by atoms with E-state index in [1.54, 1.807) is 50.2 Å². The van der Waals surface area contributed by atoms with Crippen LogP contribution in [0.5, 0.6) is 0 Å². The Morgan fingerprint density at radius 2 is 1.83 bits per heavy atom. The minimum absolute atomic E-state index is 0.120. The summed E-state index contributed by atoms with van der Waals surface area (Å²) in [5.41, 5.74) is 4.00. The van der Waals surface area contributed by atoms with Gasteiger partial charge in [0.15, 0.2) is 5.78 Å². The van der Waals surface area contributed by atoms with E-state index < -0.39 is 5.97 Å². The van der Waals surface area contributed by atoms with Crippen molar-refractivity contribution in [2.24, 2.45) is 0 Å². The van der Waals surface area contributed by atoms with Crippen LogP contribution >= 0.6 is 11.6 Å². The summed E-state index contributed by atoms with van der Waals surface area (Å²) in [6, 6.07) is 9.95. The fraction of sp³-hybridized carbons (Fsp3) is 0.261. The van der Waals surface area contributed by atoms with Gasteiger partial charge in [-0.1, -0.05) is 17.7 Å². The summed E-state index contributed by atoms with van der Waals surface area (Å²) in [6.07, 6.45) is 2.09. The summed E-state index contributed by atoms with van der Waals surface area (Å²) < 4.78 is 4.78. The zero-order valence-corrected chi connectivity index (χ0v) is 17.9.